The van der Waals surface area contributed by atoms with Crippen LogP contribution in [-0.4, -0.2) is 45.0 Å². The topological polar surface area (TPSA) is 107 Å². The fraction of sp³-hybridized carbons (Fsp3) is 0.227. The van der Waals surface area contributed by atoms with Gasteiger partial charge >= 0.3 is 5.97 Å². The first-order valence-corrected chi connectivity index (χ1v) is 10.9. The van der Waals surface area contributed by atoms with Gasteiger partial charge in [-0.05, 0) is 47.8 Å². The second kappa shape index (κ2) is 10.5. The van der Waals surface area contributed by atoms with Gasteiger partial charge in [0.25, 0.3) is 5.91 Å². The Morgan fingerprint density at radius 3 is 2.67 bits per heavy atom. The number of rotatable bonds is 10. The van der Waals surface area contributed by atoms with Crippen LogP contribution in [0.5, 0.6) is 0 Å². The molecule has 0 saturated carbocycles. The van der Waals surface area contributed by atoms with Crippen LogP contribution in [0.25, 0.3) is 11.1 Å². The molecule has 0 aliphatic carbocycles. The molecule has 3 rings (SSSR count). The molecule has 0 aliphatic rings. The lowest BCUT2D eigenvalue weighted by atomic mass is 9.98. The summed E-state index contributed by atoms with van der Waals surface area (Å²) < 4.78 is 0. The molecule has 8 heteroatoms. The standard InChI is InChI=1S/C22H24N4O3S/c1-30-10-9-20(22(28)29)26-21(27)18-8-7-16(24-13-17-12-23-14-25-17)11-19(18)15-5-3-2-4-6-15/h2-8,11-12,14,20,24H,9-10,13H2,1H3,(H,23,25)(H,26,27)(H,28,29). The summed E-state index contributed by atoms with van der Waals surface area (Å²) in [6, 6.07) is 14.1. The number of carbonyl (C=O) groups excluding carboxylic acids is 1. The predicted molar refractivity (Wildman–Crippen MR) is 120 cm³/mol. The Hall–Kier alpha value is -3.26. The van der Waals surface area contributed by atoms with Gasteiger partial charge in [0.05, 0.1) is 18.6 Å². The normalized spacial score (nSPS) is 11.6. The number of nitrogens with zero attached hydrogens (tertiary/aromatic N) is 1. The van der Waals surface area contributed by atoms with E-state index in [4.69, 9.17) is 0 Å². The van der Waals surface area contributed by atoms with E-state index < -0.39 is 17.9 Å². The zero-order chi connectivity index (χ0) is 21.3. The molecular weight excluding hydrogens is 400 g/mol. The van der Waals surface area contributed by atoms with Crippen molar-refractivity contribution >= 4 is 29.3 Å². The average molecular weight is 425 g/mol. The molecule has 1 amide bonds. The number of aromatic nitrogens is 2. The number of amides is 1. The first-order chi connectivity index (χ1) is 14.6. The van der Waals surface area contributed by atoms with Gasteiger partial charge in [-0.2, -0.15) is 11.8 Å². The van der Waals surface area contributed by atoms with E-state index in [2.05, 4.69) is 20.6 Å². The van der Waals surface area contributed by atoms with Crippen LogP contribution in [-0.2, 0) is 11.3 Å². The molecule has 0 spiro atoms. The minimum Gasteiger partial charge on any atom is -0.480 e. The Morgan fingerprint density at radius 1 is 1.20 bits per heavy atom. The lowest BCUT2D eigenvalue weighted by Crippen LogP contribution is -2.41. The smallest absolute Gasteiger partial charge is 0.326 e. The molecule has 0 radical (unpaired) electrons. The zero-order valence-corrected chi connectivity index (χ0v) is 17.4. The number of benzene rings is 2. The van der Waals surface area contributed by atoms with Gasteiger partial charge in [-0.15, -0.1) is 0 Å². The van der Waals surface area contributed by atoms with E-state index in [1.165, 1.54) is 0 Å². The number of carbonyl (C=O) groups is 2. The Morgan fingerprint density at radius 2 is 2.00 bits per heavy atom. The summed E-state index contributed by atoms with van der Waals surface area (Å²) in [5, 5.41) is 15.4. The van der Waals surface area contributed by atoms with Crippen molar-refractivity contribution in [3.05, 3.63) is 72.3 Å². The summed E-state index contributed by atoms with van der Waals surface area (Å²) in [6.07, 6.45) is 5.64. The van der Waals surface area contributed by atoms with Gasteiger partial charge in [-0.25, -0.2) is 9.78 Å². The molecule has 0 fully saturated rings. The minimum atomic E-state index is -1.03. The number of thioether (sulfide) groups is 1. The minimum absolute atomic E-state index is 0.368. The van der Waals surface area contributed by atoms with Gasteiger partial charge in [-0.1, -0.05) is 30.3 Å². The summed E-state index contributed by atoms with van der Waals surface area (Å²) in [5.74, 6) is -0.779. The third-order valence-electron chi connectivity index (χ3n) is 4.60. The lowest BCUT2D eigenvalue weighted by molar-refractivity contribution is -0.139. The number of H-pyrrole nitrogens is 1. The highest BCUT2D eigenvalue weighted by Gasteiger charge is 2.22. The van der Waals surface area contributed by atoms with Crippen LogP contribution in [0.15, 0.2) is 61.1 Å². The highest BCUT2D eigenvalue weighted by Crippen LogP contribution is 2.27. The Bertz CT molecular complexity index is 977. The van der Waals surface area contributed by atoms with Crippen LogP contribution in [0.2, 0.25) is 0 Å². The van der Waals surface area contributed by atoms with E-state index in [-0.39, 0.29) is 0 Å². The first-order valence-electron chi connectivity index (χ1n) is 9.51. The molecule has 1 aromatic heterocycles. The molecule has 4 N–H and O–H groups in total. The van der Waals surface area contributed by atoms with E-state index in [9.17, 15) is 14.7 Å². The number of nitrogens with one attached hydrogen (secondary N) is 3. The number of anilines is 1. The van der Waals surface area contributed by atoms with Gasteiger partial charge in [0, 0.05) is 17.4 Å². The first kappa shape index (κ1) is 21.4. The number of hydrogen-bond acceptors (Lipinski definition) is 5. The second-order valence-corrected chi connectivity index (χ2v) is 7.69. The van der Waals surface area contributed by atoms with Crippen molar-refractivity contribution in [2.75, 3.05) is 17.3 Å². The van der Waals surface area contributed by atoms with Gasteiger partial charge in [0.2, 0.25) is 0 Å². The van der Waals surface area contributed by atoms with Crippen molar-refractivity contribution in [3.8, 4) is 11.1 Å². The maximum atomic E-state index is 13.0. The van der Waals surface area contributed by atoms with Crippen molar-refractivity contribution in [3.63, 3.8) is 0 Å². The van der Waals surface area contributed by atoms with Crippen molar-refractivity contribution in [1.82, 2.24) is 15.3 Å². The van der Waals surface area contributed by atoms with E-state index in [0.29, 0.717) is 24.3 Å². The van der Waals surface area contributed by atoms with E-state index in [0.717, 1.165) is 22.5 Å². The van der Waals surface area contributed by atoms with Gasteiger partial charge < -0.3 is 20.7 Å². The summed E-state index contributed by atoms with van der Waals surface area (Å²) in [7, 11) is 0. The van der Waals surface area contributed by atoms with Crippen molar-refractivity contribution < 1.29 is 14.7 Å². The van der Waals surface area contributed by atoms with Crippen molar-refractivity contribution in [2.45, 2.75) is 19.0 Å². The van der Waals surface area contributed by atoms with Gasteiger partial charge in [-0.3, -0.25) is 4.79 Å². The van der Waals surface area contributed by atoms with Crippen LogP contribution in [0.4, 0.5) is 5.69 Å². The predicted octanol–water partition coefficient (Wildman–Crippen LogP) is 3.62. The fourth-order valence-electron chi connectivity index (χ4n) is 3.02. The molecule has 1 atom stereocenters. The Kier molecular flexibility index (Phi) is 7.51. The van der Waals surface area contributed by atoms with Crippen LogP contribution >= 0.6 is 11.8 Å². The molecule has 156 valence electrons. The molecule has 0 saturated heterocycles. The molecule has 0 bridgehead atoms. The summed E-state index contributed by atoms with van der Waals surface area (Å²) in [6.45, 7) is 0.565. The van der Waals surface area contributed by atoms with Crippen molar-refractivity contribution in [1.29, 1.82) is 0 Å². The molecule has 3 aromatic rings. The number of imidazole rings is 1. The van der Waals surface area contributed by atoms with E-state index in [1.54, 1.807) is 30.4 Å². The van der Waals surface area contributed by atoms with Crippen LogP contribution in [0.1, 0.15) is 22.5 Å². The van der Waals surface area contributed by atoms with Crippen LogP contribution in [0, 0.1) is 0 Å². The Balaban J connectivity index is 1.86. The quantitative estimate of drug-likeness (QED) is 0.396. The van der Waals surface area contributed by atoms with E-state index in [1.807, 2.05) is 48.7 Å². The number of aromatic amines is 1. The third-order valence-corrected chi connectivity index (χ3v) is 5.24. The highest BCUT2D eigenvalue weighted by molar-refractivity contribution is 7.98. The largest absolute Gasteiger partial charge is 0.480 e. The van der Waals surface area contributed by atoms with Crippen LogP contribution < -0.4 is 10.6 Å². The molecule has 7 nitrogen and oxygen atoms in total. The number of carboxylic acids is 1. The number of aliphatic carboxylic acids is 1. The fourth-order valence-corrected chi connectivity index (χ4v) is 3.49. The maximum absolute atomic E-state index is 13.0. The second-order valence-electron chi connectivity index (χ2n) is 6.70. The molecular formula is C22H24N4O3S. The highest BCUT2D eigenvalue weighted by atomic mass is 32.2. The number of hydrogen-bond donors (Lipinski definition) is 4. The summed E-state index contributed by atoms with van der Waals surface area (Å²) in [4.78, 5) is 31.5. The van der Waals surface area contributed by atoms with Gasteiger partial charge in [0.1, 0.15) is 6.04 Å². The SMILES string of the molecule is CSCCC(NC(=O)c1ccc(NCc2cnc[nH]2)cc1-c1ccccc1)C(=O)O. The summed E-state index contributed by atoms with van der Waals surface area (Å²) in [5.41, 5.74) is 3.83. The zero-order valence-electron chi connectivity index (χ0n) is 16.6. The van der Waals surface area contributed by atoms with E-state index >= 15 is 0 Å². The lowest BCUT2D eigenvalue weighted by Gasteiger charge is -2.17. The molecule has 1 unspecified atom stereocenters. The summed E-state index contributed by atoms with van der Waals surface area (Å²) >= 11 is 1.55. The van der Waals surface area contributed by atoms with Crippen LogP contribution in [0.3, 0.4) is 0 Å². The van der Waals surface area contributed by atoms with Gasteiger partial charge in [0.15, 0.2) is 0 Å². The number of carboxylic acid groups (broad SMARTS) is 1. The molecule has 30 heavy (non-hydrogen) atoms. The molecule has 1 heterocycles. The Labute approximate surface area is 179 Å². The molecule has 2 aromatic carbocycles. The van der Waals surface area contributed by atoms with Crippen molar-refractivity contribution in [2.24, 2.45) is 0 Å². The maximum Gasteiger partial charge on any atom is 0.326 e. The monoisotopic (exact) mass is 424 g/mol. The molecule has 0 aliphatic heterocycles. The average Bonchev–Trinajstić information content (AvgIpc) is 3.29. The third kappa shape index (κ3) is 5.64.